The number of carbonyl (C=O) groups is 1. The van der Waals surface area contributed by atoms with E-state index in [1.54, 1.807) is 0 Å². The van der Waals surface area contributed by atoms with E-state index in [1.807, 2.05) is 18.2 Å². The summed E-state index contributed by atoms with van der Waals surface area (Å²) in [6.07, 6.45) is 6.05. The lowest BCUT2D eigenvalue weighted by atomic mass is 9.91. The van der Waals surface area contributed by atoms with Crippen LogP contribution in [0.2, 0.25) is 0 Å². The van der Waals surface area contributed by atoms with E-state index in [4.69, 9.17) is 4.99 Å². The maximum absolute atomic E-state index is 12.0. The fraction of sp³-hybridized carbons (Fsp3) is 0.636. The van der Waals surface area contributed by atoms with Gasteiger partial charge in [0.15, 0.2) is 5.96 Å². The van der Waals surface area contributed by atoms with Gasteiger partial charge in [0.2, 0.25) is 5.91 Å². The van der Waals surface area contributed by atoms with Crippen LogP contribution in [0.1, 0.15) is 50.5 Å². The highest BCUT2D eigenvalue weighted by Gasteiger charge is 2.33. The molecular weight excluding hydrogens is 350 g/mol. The largest absolute Gasteiger partial charge is 0.357 e. The van der Waals surface area contributed by atoms with Crippen molar-refractivity contribution >= 4 is 17.6 Å². The predicted molar refractivity (Wildman–Crippen MR) is 114 cm³/mol. The molecule has 2 fully saturated rings. The van der Waals surface area contributed by atoms with Crippen molar-refractivity contribution in [3.8, 4) is 0 Å². The van der Waals surface area contributed by atoms with E-state index in [2.05, 4.69) is 33.8 Å². The van der Waals surface area contributed by atoms with Crippen molar-refractivity contribution in [1.29, 1.82) is 0 Å². The summed E-state index contributed by atoms with van der Waals surface area (Å²) in [4.78, 5) is 19.5. The third kappa shape index (κ3) is 5.25. The second-order valence-corrected chi connectivity index (χ2v) is 8.35. The molecule has 1 aromatic rings. The highest BCUT2D eigenvalue weighted by Crippen LogP contribution is 2.34. The van der Waals surface area contributed by atoms with E-state index in [-0.39, 0.29) is 11.8 Å². The summed E-state index contributed by atoms with van der Waals surface area (Å²) in [6, 6.07) is 8.88. The lowest BCUT2D eigenvalue weighted by Crippen LogP contribution is -2.42. The summed E-state index contributed by atoms with van der Waals surface area (Å²) in [5, 5.41) is 9.81. The van der Waals surface area contributed by atoms with Gasteiger partial charge >= 0.3 is 0 Å². The second-order valence-electron chi connectivity index (χ2n) is 8.35. The Labute approximate surface area is 168 Å². The molecule has 3 N–H and O–H groups in total. The molecule has 0 saturated heterocycles. The topological polar surface area (TPSA) is 68.8 Å². The normalized spacial score (nSPS) is 22.0. The Balaban J connectivity index is 1.32. The quantitative estimate of drug-likeness (QED) is 0.453. The lowest BCUT2D eigenvalue weighted by molar-refractivity contribution is -0.116. The molecule has 0 spiro atoms. The van der Waals surface area contributed by atoms with Crippen LogP contribution in [0.3, 0.4) is 0 Å². The Bertz CT molecular complexity index is 711. The molecule has 28 heavy (non-hydrogen) atoms. The van der Waals surface area contributed by atoms with E-state index in [0.717, 1.165) is 43.2 Å². The molecule has 6 heteroatoms. The van der Waals surface area contributed by atoms with E-state index in [0.29, 0.717) is 13.0 Å². The van der Waals surface area contributed by atoms with Crippen molar-refractivity contribution in [1.82, 2.24) is 15.5 Å². The number of fused-ring (bicyclic) bond motifs is 1. The van der Waals surface area contributed by atoms with Crippen molar-refractivity contribution in [2.75, 3.05) is 38.0 Å². The molecule has 1 atom stereocenters. The van der Waals surface area contributed by atoms with Gasteiger partial charge in [-0.3, -0.25) is 14.7 Å². The maximum Gasteiger partial charge on any atom is 0.225 e. The molecule has 2 aliphatic carbocycles. The number of hydrogen-bond acceptors (Lipinski definition) is 3. The first-order valence-electron chi connectivity index (χ1n) is 10.9. The first-order chi connectivity index (χ1) is 13.7. The van der Waals surface area contributed by atoms with Crippen LogP contribution >= 0.6 is 0 Å². The maximum atomic E-state index is 12.0. The minimum absolute atomic E-state index is 0.0806. The second kappa shape index (κ2) is 8.95. The van der Waals surface area contributed by atoms with Crippen molar-refractivity contribution in [2.45, 2.75) is 51.0 Å². The predicted octanol–water partition coefficient (Wildman–Crippen LogP) is 2.54. The Morgan fingerprint density at radius 1 is 1.21 bits per heavy atom. The van der Waals surface area contributed by atoms with Crippen molar-refractivity contribution in [2.24, 2.45) is 10.9 Å². The number of guanidine groups is 1. The molecule has 0 bridgehead atoms. The highest BCUT2D eigenvalue weighted by molar-refractivity contribution is 5.94. The van der Waals surface area contributed by atoms with Gasteiger partial charge in [0.1, 0.15) is 0 Å². The van der Waals surface area contributed by atoms with Crippen LogP contribution < -0.4 is 16.0 Å². The first-order valence-corrected chi connectivity index (χ1v) is 10.9. The molecule has 1 amide bonds. The standard InChI is InChI=1S/C22H33N5O/c1-2-23-22(24-11-12-27(18-9-10-18)15-16-7-8-16)25-14-17-13-21(28)26-20-6-4-3-5-19(17)20/h3-6,16-18H,2,7-15H2,1H3,(H,26,28)(H2,23,24,25). The fourth-order valence-electron chi connectivity index (χ4n) is 4.02. The summed E-state index contributed by atoms with van der Waals surface area (Å²) in [5.74, 6) is 2.02. The molecule has 4 rings (SSSR count). The van der Waals surface area contributed by atoms with Crippen molar-refractivity contribution < 1.29 is 4.79 Å². The number of carbonyl (C=O) groups excluding carboxylic acids is 1. The van der Waals surface area contributed by atoms with Gasteiger partial charge in [-0.05, 0) is 50.2 Å². The average Bonchev–Trinajstić information content (AvgIpc) is 3.59. The van der Waals surface area contributed by atoms with Crippen molar-refractivity contribution in [3.05, 3.63) is 29.8 Å². The summed E-state index contributed by atoms with van der Waals surface area (Å²) in [5.41, 5.74) is 2.11. The number of hydrogen-bond donors (Lipinski definition) is 3. The van der Waals surface area contributed by atoms with Crippen molar-refractivity contribution in [3.63, 3.8) is 0 Å². The number of nitrogens with zero attached hydrogens (tertiary/aromatic N) is 2. The molecule has 1 heterocycles. The first kappa shape index (κ1) is 19.2. The Kier molecular flexibility index (Phi) is 6.15. The minimum atomic E-state index is 0.0806. The lowest BCUT2D eigenvalue weighted by Gasteiger charge is -2.25. The van der Waals surface area contributed by atoms with E-state index in [9.17, 15) is 4.79 Å². The third-order valence-electron chi connectivity index (χ3n) is 5.86. The average molecular weight is 384 g/mol. The number of anilines is 1. The Morgan fingerprint density at radius 2 is 2.04 bits per heavy atom. The fourth-order valence-corrected chi connectivity index (χ4v) is 4.02. The molecule has 0 aromatic heterocycles. The summed E-state index contributed by atoms with van der Waals surface area (Å²) < 4.78 is 0. The monoisotopic (exact) mass is 383 g/mol. The zero-order chi connectivity index (χ0) is 19.3. The minimum Gasteiger partial charge on any atom is -0.357 e. The van der Waals surface area contributed by atoms with Gasteiger partial charge in [0, 0.05) is 50.2 Å². The van der Waals surface area contributed by atoms with Gasteiger partial charge in [0.25, 0.3) is 0 Å². The number of nitrogens with one attached hydrogen (secondary N) is 3. The van der Waals surface area contributed by atoms with Gasteiger partial charge in [-0.1, -0.05) is 18.2 Å². The molecule has 1 aromatic carbocycles. The number of rotatable bonds is 9. The number of benzene rings is 1. The van der Waals surface area contributed by atoms with Gasteiger partial charge in [0.05, 0.1) is 6.54 Å². The smallest absolute Gasteiger partial charge is 0.225 e. The van der Waals surface area contributed by atoms with Crippen LogP contribution in [0.15, 0.2) is 29.3 Å². The van der Waals surface area contributed by atoms with Gasteiger partial charge in [-0.2, -0.15) is 0 Å². The third-order valence-corrected chi connectivity index (χ3v) is 5.86. The van der Waals surface area contributed by atoms with Gasteiger partial charge in [-0.15, -0.1) is 0 Å². The molecular formula is C22H33N5O. The zero-order valence-electron chi connectivity index (χ0n) is 16.9. The summed E-state index contributed by atoms with van der Waals surface area (Å²) in [6.45, 7) is 6.81. The molecule has 1 aliphatic heterocycles. The molecule has 1 unspecified atom stereocenters. The number of aliphatic imine (C=N–C) groups is 1. The Hall–Kier alpha value is -2.08. The Morgan fingerprint density at radius 3 is 2.79 bits per heavy atom. The molecule has 0 radical (unpaired) electrons. The van der Waals surface area contributed by atoms with E-state index >= 15 is 0 Å². The SMILES string of the molecule is CCNC(=NCC1CC(=O)Nc2ccccc21)NCCN(CC1CC1)C1CC1. The number of amides is 1. The van der Waals surface area contributed by atoms with E-state index < -0.39 is 0 Å². The van der Waals surface area contributed by atoms with Crippen LogP contribution in [-0.4, -0.2) is 55.5 Å². The van der Waals surface area contributed by atoms with Crippen LogP contribution in [0.25, 0.3) is 0 Å². The van der Waals surface area contributed by atoms with Gasteiger partial charge in [-0.25, -0.2) is 0 Å². The van der Waals surface area contributed by atoms with Crippen LogP contribution in [0.4, 0.5) is 5.69 Å². The molecule has 6 nitrogen and oxygen atoms in total. The molecule has 3 aliphatic rings. The van der Waals surface area contributed by atoms with Crippen LogP contribution in [0, 0.1) is 5.92 Å². The summed E-state index contributed by atoms with van der Waals surface area (Å²) in [7, 11) is 0. The summed E-state index contributed by atoms with van der Waals surface area (Å²) >= 11 is 0. The van der Waals surface area contributed by atoms with Gasteiger partial charge < -0.3 is 16.0 Å². The van der Waals surface area contributed by atoms with E-state index in [1.165, 1.54) is 37.8 Å². The van der Waals surface area contributed by atoms with Crippen LogP contribution in [-0.2, 0) is 4.79 Å². The number of para-hydroxylation sites is 1. The molecule has 2 saturated carbocycles. The zero-order valence-corrected chi connectivity index (χ0v) is 16.9. The van der Waals surface area contributed by atoms with Crippen LogP contribution in [0.5, 0.6) is 0 Å². The molecule has 152 valence electrons. The highest BCUT2D eigenvalue weighted by atomic mass is 16.1.